The van der Waals surface area contributed by atoms with Crippen molar-refractivity contribution in [2.75, 3.05) is 7.11 Å². The maximum atomic E-state index is 11.2. The molecule has 1 rings (SSSR count). The van der Waals surface area contributed by atoms with Crippen molar-refractivity contribution in [2.45, 2.75) is 26.3 Å². The van der Waals surface area contributed by atoms with Crippen LogP contribution < -0.4 is 0 Å². The number of carbonyl (C=O) groups is 1. The van der Waals surface area contributed by atoms with Gasteiger partial charge in [0.2, 0.25) is 0 Å². The molecule has 0 unspecified atom stereocenters. The Morgan fingerprint density at radius 2 is 2.46 bits per heavy atom. The van der Waals surface area contributed by atoms with Crippen LogP contribution in [0.3, 0.4) is 0 Å². The zero-order chi connectivity index (χ0) is 9.68. The lowest BCUT2D eigenvalue weighted by Crippen LogP contribution is -2.11. The third-order valence-corrected chi connectivity index (χ3v) is 1.83. The van der Waals surface area contributed by atoms with Gasteiger partial charge in [0.1, 0.15) is 5.69 Å². The van der Waals surface area contributed by atoms with Crippen LogP contribution in [0.15, 0.2) is 12.3 Å². The molecule has 0 aliphatic heterocycles. The molecule has 4 heteroatoms. The van der Waals surface area contributed by atoms with Gasteiger partial charge >= 0.3 is 5.97 Å². The van der Waals surface area contributed by atoms with Gasteiger partial charge in [0.05, 0.1) is 7.11 Å². The maximum Gasteiger partial charge on any atom is 0.356 e. The molecule has 4 nitrogen and oxygen atoms in total. The van der Waals surface area contributed by atoms with E-state index >= 15 is 0 Å². The molecule has 72 valence electrons. The highest BCUT2D eigenvalue weighted by Gasteiger charge is 2.10. The molecule has 0 bridgehead atoms. The fourth-order valence-corrected chi connectivity index (χ4v) is 1.10. The van der Waals surface area contributed by atoms with E-state index in [1.807, 2.05) is 0 Å². The van der Waals surface area contributed by atoms with Crippen LogP contribution >= 0.6 is 0 Å². The molecule has 1 heterocycles. The number of hydrogen-bond acceptors (Lipinski definition) is 3. The molecule has 1 aromatic rings. The van der Waals surface area contributed by atoms with Crippen LogP contribution in [0, 0.1) is 0 Å². The quantitative estimate of drug-likeness (QED) is 0.662. The molecule has 0 N–H and O–H groups in total. The monoisotopic (exact) mass is 182 g/mol. The predicted octanol–water partition coefficient (Wildman–Crippen LogP) is 1.47. The van der Waals surface area contributed by atoms with Gasteiger partial charge in [0, 0.05) is 12.7 Å². The van der Waals surface area contributed by atoms with Crippen LogP contribution in [0.1, 0.15) is 30.3 Å². The predicted molar refractivity (Wildman–Crippen MR) is 48.5 cm³/mol. The number of aryl methyl sites for hydroxylation is 1. The fourth-order valence-electron chi connectivity index (χ4n) is 1.10. The van der Waals surface area contributed by atoms with Gasteiger partial charge in [0.25, 0.3) is 0 Å². The van der Waals surface area contributed by atoms with E-state index < -0.39 is 0 Å². The smallest absolute Gasteiger partial charge is 0.356 e. The summed E-state index contributed by atoms with van der Waals surface area (Å²) >= 11 is 0. The van der Waals surface area contributed by atoms with Crippen LogP contribution in [0.25, 0.3) is 0 Å². The standard InChI is InChI=1S/C9H14N2O2/c1-3-4-7-11-8(5-6-10-11)9(12)13-2/h5-6H,3-4,7H2,1-2H3. The van der Waals surface area contributed by atoms with Gasteiger partial charge in [-0.05, 0) is 12.5 Å². The van der Waals surface area contributed by atoms with Gasteiger partial charge in [0.15, 0.2) is 0 Å². The number of methoxy groups -OCH3 is 1. The van der Waals surface area contributed by atoms with E-state index in [2.05, 4.69) is 16.8 Å². The summed E-state index contributed by atoms with van der Waals surface area (Å²) in [4.78, 5) is 11.2. The molecule has 0 amide bonds. The van der Waals surface area contributed by atoms with Crippen molar-refractivity contribution in [3.8, 4) is 0 Å². The van der Waals surface area contributed by atoms with Gasteiger partial charge in [-0.15, -0.1) is 0 Å². The largest absolute Gasteiger partial charge is 0.464 e. The number of ether oxygens (including phenoxy) is 1. The Kier molecular flexibility index (Phi) is 3.49. The molecular weight excluding hydrogens is 168 g/mol. The van der Waals surface area contributed by atoms with E-state index in [9.17, 15) is 4.79 Å². The van der Waals surface area contributed by atoms with Gasteiger partial charge in [-0.1, -0.05) is 13.3 Å². The number of carbonyl (C=O) groups excluding carboxylic acids is 1. The average Bonchev–Trinajstić information content (AvgIpc) is 2.61. The zero-order valence-corrected chi connectivity index (χ0v) is 7.99. The first kappa shape index (κ1) is 9.77. The Labute approximate surface area is 77.5 Å². The number of unbranched alkanes of at least 4 members (excludes halogenated alkanes) is 1. The van der Waals surface area contributed by atoms with Gasteiger partial charge < -0.3 is 4.74 Å². The fraction of sp³-hybridized carbons (Fsp3) is 0.556. The average molecular weight is 182 g/mol. The topological polar surface area (TPSA) is 44.1 Å². The summed E-state index contributed by atoms with van der Waals surface area (Å²) in [7, 11) is 1.37. The summed E-state index contributed by atoms with van der Waals surface area (Å²) in [6.45, 7) is 2.87. The van der Waals surface area contributed by atoms with E-state index in [0.717, 1.165) is 19.4 Å². The van der Waals surface area contributed by atoms with Gasteiger partial charge in [-0.3, -0.25) is 4.68 Å². The number of aromatic nitrogens is 2. The third kappa shape index (κ3) is 2.31. The molecule has 0 aliphatic carbocycles. The molecular formula is C9H14N2O2. The van der Waals surface area contributed by atoms with Crippen LogP contribution in [0.2, 0.25) is 0 Å². The Bertz CT molecular complexity index is 281. The summed E-state index contributed by atoms with van der Waals surface area (Å²) < 4.78 is 6.29. The van der Waals surface area contributed by atoms with Crippen molar-refractivity contribution < 1.29 is 9.53 Å². The zero-order valence-electron chi connectivity index (χ0n) is 7.99. The minimum absolute atomic E-state index is 0.325. The van der Waals surface area contributed by atoms with E-state index in [1.165, 1.54) is 7.11 Å². The Hall–Kier alpha value is -1.32. The van der Waals surface area contributed by atoms with Crippen molar-refractivity contribution in [2.24, 2.45) is 0 Å². The van der Waals surface area contributed by atoms with E-state index in [0.29, 0.717) is 5.69 Å². The summed E-state index contributed by atoms with van der Waals surface area (Å²) in [5.41, 5.74) is 0.524. The van der Waals surface area contributed by atoms with Gasteiger partial charge in [-0.2, -0.15) is 5.10 Å². The summed E-state index contributed by atoms with van der Waals surface area (Å²) in [5.74, 6) is -0.325. The molecule has 0 saturated heterocycles. The highest BCUT2D eigenvalue weighted by atomic mass is 16.5. The lowest BCUT2D eigenvalue weighted by molar-refractivity contribution is 0.0586. The van der Waals surface area contributed by atoms with Crippen LogP contribution in [-0.2, 0) is 11.3 Å². The van der Waals surface area contributed by atoms with Crippen LogP contribution in [0.5, 0.6) is 0 Å². The first-order valence-corrected chi connectivity index (χ1v) is 4.39. The summed E-state index contributed by atoms with van der Waals surface area (Å²) in [5, 5.41) is 4.04. The van der Waals surface area contributed by atoms with Crippen LogP contribution in [-0.4, -0.2) is 22.9 Å². The highest BCUT2D eigenvalue weighted by molar-refractivity contribution is 5.87. The molecule has 0 aliphatic rings. The molecule has 0 saturated carbocycles. The number of rotatable bonds is 4. The summed E-state index contributed by atoms with van der Waals surface area (Å²) in [6.07, 6.45) is 3.72. The minimum atomic E-state index is -0.325. The number of esters is 1. The lowest BCUT2D eigenvalue weighted by Gasteiger charge is -2.03. The maximum absolute atomic E-state index is 11.2. The van der Waals surface area contributed by atoms with Gasteiger partial charge in [-0.25, -0.2) is 4.79 Å². The van der Waals surface area contributed by atoms with E-state index in [-0.39, 0.29) is 5.97 Å². The van der Waals surface area contributed by atoms with E-state index in [4.69, 9.17) is 0 Å². The second-order valence-corrected chi connectivity index (χ2v) is 2.78. The van der Waals surface area contributed by atoms with Crippen LogP contribution in [0.4, 0.5) is 0 Å². The molecule has 1 aromatic heterocycles. The Morgan fingerprint density at radius 3 is 3.08 bits per heavy atom. The first-order chi connectivity index (χ1) is 6.29. The minimum Gasteiger partial charge on any atom is -0.464 e. The number of hydrogen-bond donors (Lipinski definition) is 0. The normalized spacial score (nSPS) is 10.0. The lowest BCUT2D eigenvalue weighted by atomic mass is 10.3. The van der Waals surface area contributed by atoms with Crippen molar-refractivity contribution in [3.63, 3.8) is 0 Å². The molecule has 0 fully saturated rings. The third-order valence-electron chi connectivity index (χ3n) is 1.83. The SMILES string of the molecule is CCCCn1nccc1C(=O)OC. The Morgan fingerprint density at radius 1 is 1.69 bits per heavy atom. The van der Waals surface area contributed by atoms with E-state index in [1.54, 1.807) is 16.9 Å². The molecule has 13 heavy (non-hydrogen) atoms. The molecule has 0 spiro atoms. The summed E-state index contributed by atoms with van der Waals surface area (Å²) in [6, 6.07) is 1.67. The van der Waals surface area contributed by atoms with Crippen molar-refractivity contribution in [1.29, 1.82) is 0 Å². The second-order valence-electron chi connectivity index (χ2n) is 2.78. The van der Waals surface area contributed by atoms with Crippen molar-refractivity contribution in [1.82, 2.24) is 9.78 Å². The molecule has 0 aromatic carbocycles. The second kappa shape index (κ2) is 4.64. The number of nitrogens with zero attached hydrogens (tertiary/aromatic N) is 2. The molecule has 0 radical (unpaired) electrons. The highest BCUT2D eigenvalue weighted by Crippen LogP contribution is 2.02. The first-order valence-electron chi connectivity index (χ1n) is 4.39. The molecule has 0 atom stereocenters. The Balaban J connectivity index is 2.71. The van der Waals surface area contributed by atoms with Crippen molar-refractivity contribution in [3.05, 3.63) is 18.0 Å². The van der Waals surface area contributed by atoms with Crippen molar-refractivity contribution >= 4 is 5.97 Å².